The van der Waals surface area contributed by atoms with Crippen molar-refractivity contribution in [2.45, 2.75) is 0 Å². The lowest BCUT2D eigenvalue weighted by Crippen LogP contribution is -2.49. The number of nitrogens with zero attached hydrogens (tertiary/aromatic N) is 1. The molecule has 0 spiro atoms. The van der Waals surface area contributed by atoms with E-state index in [1.807, 2.05) is 18.2 Å². The molecule has 0 aromatic heterocycles. The molecule has 1 aromatic rings. The molecule has 0 unspecified atom stereocenters. The van der Waals surface area contributed by atoms with E-state index in [0.717, 1.165) is 13.1 Å². The highest BCUT2D eigenvalue weighted by Gasteiger charge is 2.22. The topological polar surface area (TPSA) is 61.4 Å². The zero-order valence-corrected chi connectivity index (χ0v) is 9.48. The molecule has 0 atom stereocenters. The van der Waals surface area contributed by atoms with Crippen molar-refractivity contribution in [1.29, 1.82) is 0 Å². The van der Waals surface area contributed by atoms with Crippen LogP contribution in [0.4, 0.5) is 5.69 Å². The first-order valence-corrected chi connectivity index (χ1v) is 5.63. The average Bonchev–Trinajstić information content (AvgIpc) is 2.40. The summed E-state index contributed by atoms with van der Waals surface area (Å²) >= 11 is 0. The summed E-state index contributed by atoms with van der Waals surface area (Å²) in [5.74, 6) is -1.03. The number of hydrogen-bond acceptors (Lipinski definition) is 3. The number of anilines is 1. The van der Waals surface area contributed by atoms with Crippen molar-refractivity contribution < 1.29 is 9.59 Å². The number of carbonyl (C=O) groups is 2. The smallest absolute Gasteiger partial charge is 0.313 e. The zero-order valence-electron chi connectivity index (χ0n) is 9.48. The average molecular weight is 233 g/mol. The Labute approximate surface area is 99.8 Å². The largest absolute Gasteiger partial charge is 0.332 e. The van der Waals surface area contributed by atoms with E-state index in [0.29, 0.717) is 18.8 Å². The van der Waals surface area contributed by atoms with Crippen LogP contribution in [0.5, 0.6) is 0 Å². The predicted octanol–water partition coefficient (Wildman–Crippen LogP) is 0.0569. The Bertz CT molecular complexity index is 399. The molecular formula is C12H15N3O2. The lowest BCUT2D eigenvalue weighted by atomic mass is 10.3. The minimum atomic E-state index is -0.571. The Morgan fingerprint density at radius 2 is 1.76 bits per heavy atom. The molecule has 0 bridgehead atoms. The van der Waals surface area contributed by atoms with Crippen molar-refractivity contribution in [1.82, 2.24) is 10.2 Å². The van der Waals surface area contributed by atoms with Gasteiger partial charge in [0.2, 0.25) is 0 Å². The molecule has 1 aromatic carbocycles. The van der Waals surface area contributed by atoms with Gasteiger partial charge in [-0.3, -0.25) is 9.59 Å². The van der Waals surface area contributed by atoms with E-state index >= 15 is 0 Å². The summed E-state index contributed by atoms with van der Waals surface area (Å²) in [4.78, 5) is 25.0. The lowest BCUT2D eigenvalue weighted by molar-refractivity contribution is -0.143. The number of rotatable bonds is 1. The molecule has 2 amide bonds. The molecule has 2 N–H and O–H groups in total. The number of amides is 2. The number of benzene rings is 1. The van der Waals surface area contributed by atoms with Crippen LogP contribution in [-0.4, -0.2) is 42.9 Å². The van der Waals surface area contributed by atoms with E-state index in [9.17, 15) is 9.59 Å². The van der Waals surface area contributed by atoms with E-state index in [2.05, 4.69) is 10.6 Å². The highest BCUT2D eigenvalue weighted by Crippen LogP contribution is 2.05. The lowest BCUT2D eigenvalue weighted by Gasteiger charge is -2.26. The number of hydrogen-bond donors (Lipinski definition) is 2. The normalized spacial score (nSPS) is 15.4. The fourth-order valence-electron chi connectivity index (χ4n) is 1.72. The highest BCUT2D eigenvalue weighted by molar-refractivity contribution is 6.39. The minimum absolute atomic E-state index is 0.463. The van der Waals surface area contributed by atoms with Gasteiger partial charge in [-0.25, -0.2) is 0 Å². The molecule has 0 saturated carbocycles. The monoisotopic (exact) mass is 233 g/mol. The van der Waals surface area contributed by atoms with Crippen LogP contribution < -0.4 is 10.6 Å². The molecule has 1 heterocycles. The summed E-state index contributed by atoms with van der Waals surface area (Å²) in [7, 11) is 0. The van der Waals surface area contributed by atoms with Gasteiger partial charge >= 0.3 is 11.8 Å². The van der Waals surface area contributed by atoms with Gasteiger partial charge in [-0.2, -0.15) is 0 Å². The van der Waals surface area contributed by atoms with Crippen LogP contribution in [0.2, 0.25) is 0 Å². The first kappa shape index (κ1) is 11.6. The number of nitrogens with one attached hydrogen (secondary N) is 2. The maximum absolute atomic E-state index is 11.8. The molecule has 5 nitrogen and oxygen atoms in total. The summed E-state index contributed by atoms with van der Waals surface area (Å²) in [5.41, 5.74) is 0.640. The molecule has 1 aliphatic heterocycles. The maximum Gasteiger partial charge on any atom is 0.313 e. The standard InChI is InChI=1S/C12H15N3O2/c16-11(14-10-4-2-1-3-5-10)12(17)15-8-6-13-7-9-15/h1-5,13H,6-9H2,(H,14,16). The predicted molar refractivity (Wildman–Crippen MR) is 64.5 cm³/mol. The summed E-state index contributed by atoms with van der Waals surface area (Å²) in [6, 6.07) is 8.98. The van der Waals surface area contributed by atoms with Gasteiger partial charge in [0.05, 0.1) is 0 Å². The maximum atomic E-state index is 11.8. The summed E-state index contributed by atoms with van der Waals surface area (Å²) in [5, 5.41) is 5.72. The Balaban J connectivity index is 1.93. The van der Waals surface area contributed by atoms with E-state index < -0.39 is 11.8 Å². The Hall–Kier alpha value is -1.88. The van der Waals surface area contributed by atoms with E-state index in [1.54, 1.807) is 17.0 Å². The van der Waals surface area contributed by atoms with Crippen molar-refractivity contribution in [3.05, 3.63) is 30.3 Å². The van der Waals surface area contributed by atoms with Crippen LogP contribution >= 0.6 is 0 Å². The third-order valence-electron chi connectivity index (χ3n) is 2.63. The molecule has 1 aliphatic rings. The van der Waals surface area contributed by atoms with Gasteiger partial charge in [0.15, 0.2) is 0 Å². The molecule has 0 radical (unpaired) electrons. The van der Waals surface area contributed by atoms with E-state index in [1.165, 1.54) is 0 Å². The van der Waals surface area contributed by atoms with E-state index in [4.69, 9.17) is 0 Å². The van der Waals surface area contributed by atoms with Crippen molar-refractivity contribution in [3.63, 3.8) is 0 Å². The molecule has 0 aliphatic carbocycles. The van der Waals surface area contributed by atoms with Crippen molar-refractivity contribution in [3.8, 4) is 0 Å². The van der Waals surface area contributed by atoms with Crippen LogP contribution in [0, 0.1) is 0 Å². The van der Waals surface area contributed by atoms with Gasteiger partial charge in [0, 0.05) is 31.9 Å². The van der Waals surface area contributed by atoms with Crippen LogP contribution in [-0.2, 0) is 9.59 Å². The van der Waals surface area contributed by atoms with Gasteiger partial charge < -0.3 is 15.5 Å². The van der Waals surface area contributed by atoms with Gasteiger partial charge in [-0.15, -0.1) is 0 Å². The zero-order chi connectivity index (χ0) is 12.1. The molecule has 17 heavy (non-hydrogen) atoms. The molecule has 1 saturated heterocycles. The third-order valence-corrected chi connectivity index (χ3v) is 2.63. The molecular weight excluding hydrogens is 218 g/mol. The fourth-order valence-corrected chi connectivity index (χ4v) is 1.72. The number of carbonyl (C=O) groups excluding carboxylic acids is 2. The summed E-state index contributed by atoms with van der Waals surface area (Å²) in [6.07, 6.45) is 0. The summed E-state index contributed by atoms with van der Waals surface area (Å²) in [6.45, 7) is 2.65. The van der Waals surface area contributed by atoms with Crippen LogP contribution in [0.15, 0.2) is 30.3 Å². The first-order chi connectivity index (χ1) is 8.27. The van der Waals surface area contributed by atoms with Gasteiger partial charge in [-0.05, 0) is 12.1 Å². The van der Waals surface area contributed by atoms with Gasteiger partial charge in [-0.1, -0.05) is 18.2 Å². The van der Waals surface area contributed by atoms with E-state index in [-0.39, 0.29) is 0 Å². The van der Waals surface area contributed by atoms with Crippen molar-refractivity contribution in [2.75, 3.05) is 31.5 Å². The second-order valence-electron chi connectivity index (χ2n) is 3.86. The first-order valence-electron chi connectivity index (χ1n) is 5.63. The van der Waals surface area contributed by atoms with Crippen molar-refractivity contribution in [2.24, 2.45) is 0 Å². The van der Waals surface area contributed by atoms with Crippen molar-refractivity contribution >= 4 is 17.5 Å². The SMILES string of the molecule is O=C(Nc1ccccc1)C(=O)N1CCNCC1. The Morgan fingerprint density at radius 1 is 1.12 bits per heavy atom. The molecule has 1 fully saturated rings. The van der Waals surface area contributed by atoms with Crippen LogP contribution in [0.1, 0.15) is 0 Å². The van der Waals surface area contributed by atoms with Crippen LogP contribution in [0.25, 0.3) is 0 Å². The number of piperazine rings is 1. The minimum Gasteiger partial charge on any atom is -0.332 e. The van der Waals surface area contributed by atoms with Crippen LogP contribution in [0.3, 0.4) is 0 Å². The quantitative estimate of drug-likeness (QED) is 0.674. The van der Waals surface area contributed by atoms with Gasteiger partial charge in [0.25, 0.3) is 0 Å². The highest BCUT2D eigenvalue weighted by atomic mass is 16.2. The Kier molecular flexibility index (Phi) is 3.72. The number of para-hydroxylation sites is 1. The van der Waals surface area contributed by atoms with Gasteiger partial charge in [0.1, 0.15) is 0 Å². The second-order valence-corrected chi connectivity index (χ2v) is 3.86. The summed E-state index contributed by atoms with van der Waals surface area (Å²) < 4.78 is 0. The Morgan fingerprint density at radius 3 is 2.41 bits per heavy atom. The third kappa shape index (κ3) is 3.04. The second kappa shape index (κ2) is 5.45. The molecule has 5 heteroatoms. The fraction of sp³-hybridized carbons (Fsp3) is 0.333. The molecule has 90 valence electrons. The molecule has 2 rings (SSSR count).